The van der Waals surface area contributed by atoms with Crippen molar-refractivity contribution in [3.8, 4) is 11.1 Å². The van der Waals surface area contributed by atoms with Gasteiger partial charge in [-0.3, -0.25) is 9.59 Å². The Kier molecular flexibility index (Phi) is 12.4. The minimum atomic E-state index is -0.0835. The van der Waals surface area contributed by atoms with Crippen LogP contribution in [0.4, 0.5) is 0 Å². The van der Waals surface area contributed by atoms with Crippen molar-refractivity contribution in [3.05, 3.63) is 143 Å². The molecule has 1 atom stereocenters. The van der Waals surface area contributed by atoms with Crippen molar-refractivity contribution < 1.29 is 9.59 Å². The van der Waals surface area contributed by atoms with Crippen molar-refractivity contribution in [1.29, 1.82) is 0 Å². The van der Waals surface area contributed by atoms with Gasteiger partial charge in [0.15, 0.2) is 11.6 Å². The van der Waals surface area contributed by atoms with Crippen LogP contribution in [-0.4, -0.2) is 11.6 Å². The van der Waals surface area contributed by atoms with Crippen molar-refractivity contribution in [2.24, 2.45) is 5.92 Å². The Morgan fingerprint density at radius 2 is 1.09 bits per heavy atom. The number of benzene rings is 5. The highest BCUT2D eigenvalue weighted by Gasteiger charge is 2.34. The second kappa shape index (κ2) is 17.5. The molecule has 0 saturated heterocycles. The van der Waals surface area contributed by atoms with Crippen molar-refractivity contribution in [2.45, 2.75) is 123 Å². The second-order valence-electron chi connectivity index (χ2n) is 15.2. The highest BCUT2D eigenvalue weighted by atomic mass is 32.2. The van der Waals surface area contributed by atoms with Gasteiger partial charge in [0.05, 0.1) is 0 Å². The lowest BCUT2D eigenvalue weighted by Gasteiger charge is -2.29. The standard InChI is InChI=1S/C49H52O2S2/c1-4-6-7-8-9-12-34-17-19-36(20-18-34)37-21-23-38(24-22-37)39-27-31-41(32-28-39)53-45-16-11-14-43-47(45)49(51)42-13-10-15-44(46(42)48(43)50)52-40-29-25-35(26-30-40)33(3)5-2/h10-11,13-16,21-34,36H,4-9,12,17-20H2,1-3H3. The van der Waals surface area contributed by atoms with Crippen molar-refractivity contribution in [2.75, 3.05) is 0 Å². The normalized spacial score (nSPS) is 17.3. The fraction of sp³-hybridized carbons (Fsp3) is 0.347. The summed E-state index contributed by atoms with van der Waals surface area (Å²) in [4.78, 5) is 31.9. The molecule has 0 radical (unpaired) electrons. The molecule has 4 heteroatoms. The van der Waals surface area contributed by atoms with Gasteiger partial charge in [0.25, 0.3) is 0 Å². The topological polar surface area (TPSA) is 34.1 Å². The molecule has 0 heterocycles. The van der Waals surface area contributed by atoms with Crippen LogP contribution in [0.5, 0.6) is 0 Å². The van der Waals surface area contributed by atoms with Gasteiger partial charge in [-0.25, -0.2) is 0 Å². The fourth-order valence-electron chi connectivity index (χ4n) is 8.19. The molecule has 1 unspecified atom stereocenters. The lowest BCUT2D eigenvalue weighted by atomic mass is 9.77. The van der Waals surface area contributed by atoms with Crippen LogP contribution in [0.15, 0.2) is 129 Å². The zero-order valence-corrected chi connectivity index (χ0v) is 33.2. The zero-order chi connectivity index (χ0) is 36.7. The van der Waals surface area contributed by atoms with E-state index in [4.69, 9.17) is 0 Å². The SMILES string of the molecule is CCCCCCCC1CCC(c2ccc(-c3ccc(Sc4cccc5c4C(=O)c4cccc(Sc6ccc(C(C)CC)cc6)c4C5=O)cc3)cc2)CC1. The predicted octanol–water partition coefficient (Wildman–Crippen LogP) is 14.6. The van der Waals surface area contributed by atoms with Gasteiger partial charge in [-0.15, -0.1) is 0 Å². The van der Waals surface area contributed by atoms with Gasteiger partial charge in [-0.2, -0.15) is 0 Å². The summed E-state index contributed by atoms with van der Waals surface area (Å²) in [5, 5.41) is 0. The van der Waals surface area contributed by atoms with E-state index >= 15 is 0 Å². The monoisotopic (exact) mass is 736 g/mol. The number of fused-ring (bicyclic) bond motifs is 2. The van der Waals surface area contributed by atoms with Gasteiger partial charge in [-0.05, 0) is 109 Å². The Morgan fingerprint density at radius 3 is 1.62 bits per heavy atom. The van der Waals surface area contributed by atoms with Gasteiger partial charge in [0.2, 0.25) is 0 Å². The van der Waals surface area contributed by atoms with Crippen LogP contribution in [0.3, 0.4) is 0 Å². The average molecular weight is 737 g/mol. The van der Waals surface area contributed by atoms with E-state index in [-0.39, 0.29) is 11.6 Å². The van der Waals surface area contributed by atoms with Crippen LogP contribution in [0.1, 0.15) is 146 Å². The molecule has 0 spiro atoms. The molecule has 0 bridgehead atoms. The third kappa shape index (κ3) is 8.60. The molecule has 5 aromatic rings. The molecule has 0 N–H and O–H groups in total. The Hall–Kier alpha value is -3.86. The number of rotatable bonds is 14. The van der Waals surface area contributed by atoms with E-state index in [0.717, 1.165) is 31.9 Å². The molecule has 2 nitrogen and oxygen atoms in total. The number of carbonyl (C=O) groups excluding carboxylic acids is 2. The fourth-order valence-corrected chi connectivity index (χ4v) is 10.1. The molecule has 0 aliphatic heterocycles. The molecule has 2 aliphatic rings. The summed E-state index contributed by atoms with van der Waals surface area (Å²) in [5.74, 6) is 1.96. The molecule has 2 aliphatic carbocycles. The first-order valence-corrected chi connectivity index (χ1v) is 21.6. The average Bonchev–Trinajstić information content (AvgIpc) is 3.20. The highest BCUT2D eigenvalue weighted by molar-refractivity contribution is 7.99. The molecule has 5 aromatic carbocycles. The molecule has 0 amide bonds. The Labute approximate surface area is 325 Å². The minimum Gasteiger partial charge on any atom is -0.289 e. The first-order chi connectivity index (χ1) is 25.9. The van der Waals surface area contributed by atoms with Gasteiger partial charge in [0.1, 0.15) is 0 Å². The lowest BCUT2D eigenvalue weighted by Crippen LogP contribution is -2.22. The van der Waals surface area contributed by atoms with Gasteiger partial charge in [-0.1, -0.05) is 156 Å². The van der Waals surface area contributed by atoms with E-state index in [1.54, 1.807) is 35.7 Å². The smallest absolute Gasteiger partial charge is 0.195 e. The van der Waals surface area contributed by atoms with Crippen LogP contribution in [-0.2, 0) is 0 Å². The van der Waals surface area contributed by atoms with Crippen molar-refractivity contribution in [3.63, 3.8) is 0 Å². The Balaban J connectivity index is 1.00. The maximum absolute atomic E-state index is 14.1. The second-order valence-corrected chi connectivity index (χ2v) is 17.4. The van der Waals surface area contributed by atoms with E-state index < -0.39 is 0 Å². The number of hydrogen-bond donors (Lipinski definition) is 0. The third-order valence-corrected chi connectivity index (χ3v) is 13.8. The molecule has 53 heavy (non-hydrogen) atoms. The summed E-state index contributed by atoms with van der Waals surface area (Å²) in [6, 6.07) is 37.7. The van der Waals surface area contributed by atoms with Crippen LogP contribution in [0.2, 0.25) is 0 Å². The summed E-state index contributed by atoms with van der Waals surface area (Å²) < 4.78 is 0. The molecule has 1 fully saturated rings. The van der Waals surface area contributed by atoms with E-state index in [1.807, 2.05) is 24.3 Å². The Morgan fingerprint density at radius 1 is 0.585 bits per heavy atom. The third-order valence-electron chi connectivity index (χ3n) is 11.6. The van der Waals surface area contributed by atoms with E-state index in [1.165, 1.54) is 86.5 Å². The van der Waals surface area contributed by atoms with E-state index in [9.17, 15) is 9.59 Å². The van der Waals surface area contributed by atoms with Crippen molar-refractivity contribution >= 4 is 35.1 Å². The van der Waals surface area contributed by atoms with E-state index in [0.29, 0.717) is 34.1 Å². The van der Waals surface area contributed by atoms with Gasteiger partial charge >= 0.3 is 0 Å². The molecular weight excluding hydrogens is 685 g/mol. The molecule has 272 valence electrons. The maximum atomic E-state index is 14.1. The van der Waals surface area contributed by atoms with Crippen LogP contribution in [0, 0.1) is 5.92 Å². The molecule has 1 saturated carbocycles. The molecular formula is C49H52O2S2. The summed E-state index contributed by atoms with van der Waals surface area (Å²) in [5.41, 5.74) is 7.20. The van der Waals surface area contributed by atoms with Gasteiger partial charge < -0.3 is 0 Å². The minimum absolute atomic E-state index is 0.0824. The van der Waals surface area contributed by atoms with Crippen molar-refractivity contribution in [1.82, 2.24) is 0 Å². The lowest BCUT2D eigenvalue weighted by molar-refractivity contribution is 0.0974. The summed E-state index contributed by atoms with van der Waals surface area (Å²) >= 11 is 3.10. The van der Waals surface area contributed by atoms with Crippen LogP contribution < -0.4 is 0 Å². The summed E-state index contributed by atoms with van der Waals surface area (Å²) in [7, 11) is 0. The molecule has 0 aromatic heterocycles. The summed E-state index contributed by atoms with van der Waals surface area (Å²) in [6.45, 7) is 6.73. The van der Waals surface area contributed by atoms with Crippen LogP contribution in [0.25, 0.3) is 11.1 Å². The maximum Gasteiger partial charge on any atom is 0.195 e. The Bertz CT molecular complexity index is 2020. The number of ketones is 2. The van der Waals surface area contributed by atoms with E-state index in [2.05, 4.69) is 93.6 Å². The predicted molar refractivity (Wildman–Crippen MR) is 223 cm³/mol. The first-order valence-electron chi connectivity index (χ1n) is 19.9. The number of hydrogen-bond acceptors (Lipinski definition) is 4. The number of unbranched alkanes of at least 4 members (excludes halogenated alkanes) is 4. The largest absolute Gasteiger partial charge is 0.289 e. The summed E-state index contributed by atoms with van der Waals surface area (Å²) in [6.07, 6.45) is 14.9. The van der Waals surface area contributed by atoms with Gasteiger partial charge in [0, 0.05) is 41.8 Å². The highest BCUT2D eigenvalue weighted by Crippen LogP contribution is 2.42. The quantitative estimate of drug-likeness (QED) is 0.104. The number of carbonyl (C=O) groups is 2. The molecule has 7 rings (SSSR count). The first kappa shape index (κ1) is 37.5. The van der Waals surface area contributed by atoms with Crippen LogP contribution >= 0.6 is 23.5 Å². The zero-order valence-electron chi connectivity index (χ0n) is 31.5.